The molecule has 0 aliphatic heterocycles. The highest BCUT2D eigenvalue weighted by Gasteiger charge is 2.37. The molecule has 0 saturated carbocycles. The van der Waals surface area contributed by atoms with E-state index < -0.39 is 40.4 Å². The first-order chi connectivity index (χ1) is 14.6. The molecule has 0 bridgehead atoms. The molecule has 0 spiro atoms. The summed E-state index contributed by atoms with van der Waals surface area (Å²) < 4.78 is 16.1. The molecule has 1 aromatic carbocycles. The minimum Gasteiger partial charge on any atom is -0.463 e. The number of hydrogen-bond donors (Lipinski definition) is 1. The van der Waals surface area contributed by atoms with Crippen LogP contribution in [0.5, 0.6) is 5.88 Å². The van der Waals surface area contributed by atoms with Gasteiger partial charge in [0.2, 0.25) is 6.10 Å². The molecule has 31 heavy (non-hydrogen) atoms. The van der Waals surface area contributed by atoms with Crippen molar-refractivity contribution in [1.29, 1.82) is 0 Å². The Morgan fingerprint density at radius 1 is 1.16 bits per heavy atom. The van der Waals surface area contributed by atoms with Gasteiger partial charge in [-0.15, -0.1) is 0 Å². The van der Waals surface area contributed by atoms with E-state index in [-0.39, 0.29) is 12.5 Å². The summed E-state index contributed by atoms with van der Waals surface area (Å²) in [6.45, 7) is 6.73. The minimum absolute atomic E-state index is 0.0386. The van der Waals surface area contributed by atoms with Crippen LogP contribution in [0.2, 0.25) is 0 Å². The summed E-state index contributed by atoms with van der Waals surface area (Å²) in [7, 11) is 0. The van der Waals surface area contributed by atoms with Crippen LogP contribution in [0.25, 0.3) is 0 Å². The Hall–Kier alpha value is -3.69. The van der Waals surface area contributed by atoms with Gasteiger partial charge in [0.25, 0.3) is 5.88 Å². The number of hydrogen-bond acceptors (Lipinski definition) is 8. The van der Waals surface area contributed by atoms with Crippen molar-refractivity contribution in [3.05, 3.63) is 64.3 Å². The van der Waals surface area contributed by atoms with Gasteiger partial charge in [-0.05, 0) is 39.3 Å². The molecule has 2 rings (SSSR count). The molecule has 0 radical (unpaired) electrons. The molecule has 10 heteroatoms. The molecule has 2 aromatic rings. The molecule has 166 valence electrons. The number of ether oxygens (including phenoxy) is 3. The van der Waals surface area contributed by atoms with Crippen molar-refractivity contribution in [1.82, 2.24) is 10.3 Å². The van der Waals surface area contributed by atoms with Gasteiger partial charge in [-0.1, -0.05) is 30.3 Å². The quantitative estimate of drug-likeness (QED) is 0.381. The lowest BCUT2D eigenvalue weighted by atomic mass is 10.0. The maximum Gasteiger partial charge on any atom is 0.408 e. The number of aromatic nitrogens is 1. The average molecular weight is 431 g/mol. The zero-order chi connectivity index (χ0) is 23.0. The summed E-state index contributed by atoms with van der Waals surface area (Å²) in [5, 5.41) is 14.0. The lowest BCUT2D eigenvalue weighted by Crippen LogP contribution is -2.46. The number of nitro groups is 1. The lowest BCUT2D eigenvalue weighted by Gasteiger charge is -2.28. The van der Waals surface area contributed by atoms with Gasteiger partial charge in [-0.2, -0.15) is 0 Å². The predicted molar refractivity (Wildman–Crippen MR) is 110 cm³/mol. The normalized spacial score (nSPS) is 12.9. The topological polar surface area (TPSA) is 130 Å². The number of nitrogens with zero attached hydrogens (tertiary/aromatic N) is 2. The van der Waals surface area contributed by atoms with Gasteiger partial charge in [-0.3, -0.25) is 10.1 Å². The molecule has 1 amide bonds. The molecule has 0 saturated heterocycles. The Kier molecular flexibility index (Phi) is 7.89. The molecular formula is C21H25N3O7. The third-order valence-electron chi connectivity index (χ3n) is 3.84. The van der Waals surface area contributed by atoms with E-state index in [0.717, 1.165) is 0 Å². The number of carbonyl (C=O) groups excluding carboxylic acids is 2. The third-order valence-corrected chi connectivity index (χ3v) is 3.84. The number of pyridine rings is 1. The molecule has 0 aliphatic rings. The minimum atomic E-state index is -1.47. The highest BCUT2D eigenvalue weighted by Crippen LogP contribution is 2.28. The van der Waals surface area contributed by atoms with Gasteiger partial charge < -0.3 is 19.5 Å². The molecule has 1 heterocycles. The van der Waals surface area contributed by atoms with E-state index in [9.17, 15) is 19.7 Å². The molecule has 0 unspecified atom stereocenters. The molecular weight excluding hydrogens is 406 g/mol. The maximum absolute atomic E-state index is 12.8. The Morgan fingerprint density at radius 3 is 2.42 bits per heavy atom. The van der Waals surface area contributed by atoms with Crippen molar-refractivity contribution in [2.24, 2.45) is 0 Å². The zero-order valence-electron chi connectivity index (χ0n) is 17.7. The van der Waals surface area contributed by atoms with E-state index in [4.69, 9.17) is 14.2 Å². The fourth-order valence-electron chi connectivity index (χ4n) is 2.64. The Bertz CT molecular complexity index is 913. The first-order valence-electron chi connectivity index (χ1n) is 9.59. The van der Waals surface area contributed by atoms with Gasteiger partial charge in [0.15, 0.2) is 0 Å². The van der Waals surface area contributed by atoms with Crippen LogP contribution in [-0.4, -0.2) is 40.3 Å². The first-order valence-corrected chi connectivity index (χ1v) is 9.59. The molecule has 0 aliphatic carbocycles. The smallest absolute Gasteiger partial charge is 0.408 e. The Morgan fingerprint density at radius 2 is 1.84 bits per heavy atom. The predicted octanol–water partition coefficient (Wildman–Crippen LogP) is 3.57. The van der Waals surface area contributed by atoms with Crippen LogP contribution in [0.4, 0.5) is 10.5 Å². The fourth-order valence-corrected chi connectivity index (χ4v) is 2.64. The zero-order valence-corrected chi connectivity index (χ0v) is 17.7. The second-order valence-electron chi connectivity index (χ2n) is 7.41. The van der Waals surface area contributed by atoms with Crippen LogP contribution < -0.4 is 10.1 Å². The number of nitrogens with one attached hydrogen (secondary N) is 1. The highest BCUT2D eigenvalue weighted by atomic mass is 16.6. The number of rotatable bonds is 8. The van der Waals surface area contributed by atoms with Gasteiger partial charge in [0, 0.05) is 12.3 Å². The largest absolute Gasteiger partial charge is 0.463 e. The SMILES string of the molecule is CCOC(=O)[C@H](Oc1ncccc1[N+](=O)[O-])[C@H](NC(=O)OC(C)(C)C)c1ccccc1. The summed E-state index contributed by atoms with van der Waals surface area (Å²) in [6, 6.07) is 10.0. The highest BCUT2D eigenvalue weighted by molar-refractivity contribution is 5.78. The summed E-state index contributed by atoms with van der Waals surface area (Å²) in [6.07, 6.45) is -0.971. The van der Waals surface area contributed by atoms with Gasteiger partial charge in [-0.25, -0.2) is 14.6 Å². The number of benzene rings is 1. The van der Waals surface area contributed by atoms with E-state index in [1.807, 2.05) is 0 Å². The van der Waals surface area contributed by atoms with E-state index in [2.05, 4.69) is 10.3 Å². The lowest BCUT2D eigenvalue weighted by molar-refractivity contribution is -0.386. The van der Waals surface area contributed by atoms with Crippen LogP contribution in [0.3, 0.4) is 0 Å². The monoisotopic (exact) mass is 431 g/mol. The second-order valence-corrected chi connectivity index (χ2v) is 7.41. The van der Waals surface area contributed by atoms with Crippen molar-refractivity contribution < 1.29 is 28.7 Å². The number of alkyl carbamates (subject to hydrolysis) is 1. The van der Waals surface area contributed by atoms with E-state index >= 15 is 0 Å². The molecule has 1 N–H and O–H groups in total. The Balaban J connectivity index is 2.47. The standard InChI is InChI=1S/C21H25N3O7/c1-5-29-19(25)17(30-18-15(24(27)28)12-9-13-22-18)16(14-10-7-6-8-11-14)23-20(26)31-21(2,3)4/h6-13,16-17H,5H2,1-4H3,(H,23,26)/t16-,17-/m1/s1. The fraction of sp³-hybridized carbons (Fsp3) is 0.381. The summed E-state index contributed by atoms with van der Waals surface area (Å²) in [5.41, 5.74) is -0.711. The Labute approximate surface area is 179 Å². The van der Waals surface area contributed by atoms with E-state index in [1.165, 1.54) is 18.3 Å². The van der Waals surface area contributed by atoms with E-state index in [0.29, 0.717) is 5.56 Å². The number of esters is 1. The first kappa shape index (κ1) is 23.6. The molecule has 2 atom stereocenters. The van der Waals surface area contributed by atoms with E-state index in [1.54, 1.807) is 58.0 Å². The second kappa shape index (κ2) is 10.4. The van der Waals surface area contributed by atoms with Crippen LogP contribution in [-0.2, 0) is 14.3 Å². The van der Waals surface area contributed by atoms with Crippen molar-refractivity contribution in [2.75, 3.05) is 6.61 Å². The third kappa shape index (κ3) is 6.95. The van der Waals surface area contributed by atoms with Gasteiger partial charge >= 0.3 is 17.7 Å². The van der Waals surface area contributed by atoms with Crippen LogP contribution in [0, 0.1) is 10.1 Å². The van der Waals surface area contributed by atoms with Crippen molar-refractivity contribution in [2.45, 2.75) is 45.4 Å². The molecule has 10 nitrogen and oxygen atoms in total. The summed E-state index contributed by atoms with van der Waals surface area (Å²) in [5.74, 6) is -1.20. The van der Waals surface area contributed by atoms with Crippen LogP contribution in [0.1, 0.15) is 39.3 Å². The van der Waals surface area contributed by atoms with Crippen molar-refractivity contribution in [3.63, 3.8) is 0 Å². The van der Waals surface area contributed by atoms with Crippen molar-refractivity contribution >= 4 is 17.7 Å². The number of amides is 1. The van der Waals surface area contributed by atoms with Crippen molar-refractivity contribution in [3.8, 4) is 5.88 Å². The molecule has 1 aromatic heterocycles. The maximum atomic E-state index is 12.8. The van der Waals surface area contributed by atoms with Crippen LogP contribution >= 0.6 is 0 Å². The van der Waals surface area contributed by atoms with Gasteiger partial charge in [0.05, 0.1) is 11.5 Å². The average Bonchev–Trinajstić information content (AvgIpc) is 2.70. The summed E-state index contributed by atoms with van der Waals surface area (Å²) >= 11 is 0. The molecule has 0 fully saturated rings. The number of carbonyl (C=O) groups is 2. The summed E-state index contributed by atoms with van der Waals surface area (Å²) in [4.78, 5) is 39.8. The van der Waals surface area contributed by atoms with Crippen LogP contribution in [0.15, 0.2) is 48.7 Å². The van der Waals surface area contributed by atoms with Gasteiger partial charge in [0.1, 0.15) is 11.6 Å².